The maximum Gasteiger partial charge on any atom is 0.288 e. The van der Waals surface area contributed by atoms with Crippen molar-refractivity contribution in [3.63, 3.8) is 0 Å². The SMILES string of the molecule is CC(=O)Nc1ccc(NC(=O)CSc2nnc(Nc3ccc(SC(F)F)cc3)s2)cc1. The molecule has 162 valence electrons. The number of hydrogen-bond acceptors (Lipinski definition) is 8. The van der Waals surface area contributed by atoms with Crippen molar-refractivity contribution >= 4 is 68.9 Å². The minimum atomic E-state index is -2.46. The van der Waals surface area contributed by atoms with Gasteiger partial charge in [-0.1, -0.05) is 34.9 Å². The topological polar surface area (TPSA) is 96.0 Å². The largest absolute Gasteiger partial charge is 0.330 e. The summed E-state index contributed by atoms with van der Waals surface area (Å²) in [7, 11) is 0. The van der Waals surface area contributed by atoms with E-state index in [9.17, 15) is 18.4 Å². The molecule has 1 aromatic heterocycles. The monoisotopic (exact) mass is 481 g/mol. The minimum absolute atomic E-state index is 0.154. The van der Waals surface area contributed by atoms with Crippen LogP contribution in [-0.2, 0) is 9.59 Å². The molecule has 3 aromatic rings. The average molecular weight is 482 g/mol. The van der Waals surface area contributed by atoms with Gasteiger partial charge in [-0.2, -0.15) is 8.78 Å². The van der Waals surface area contributed by atoms with Crippen molar-refractivity contribution in [1.29, 1.82) is 0 Å². The molecule has 0 atom stereocenters. The summed E-state index contributed by atoms with van der Waals surface area (Å²) in [5.41, 5.74) is 1.97. The molecule has 0 saturated heterocycles. The molecule has 0 saturated carbocycles. The molecule has 0 aliphatic rings. The Labute approximate surface area is 189 Å². The number of anilines is 4. The van der Waals surface area contributed by atoms with E-state index in [-0.39, 0.29) is 17.6 Å². The molecule has 3 N–H and O–H groups in total. The second-order valence-corrected chi connectivity index (χ2v) is 9.26. The van der Waals surface area contributed by atoms with Gasteiger partial charge in [0.1, 0.15) is 0 Å². The molecule has 7 nitrogen and oxygen atoms in total. The van der Waals surface area contributed by atoms with Crippen LogP contribution >= 0.6 is 34.9 Å². The zero-order chi connectivity index (χ0) is 22.2. The first-order chi connectivity index (χ1) is 14.9. The van der Waals surface area contributed by atoms with E-state index in [0.29, 0.717) is 43.2 Å². The van der Waals surface area contributed by atoms with E-state index >= 15 is 0 Å². The van der Waals surface area contributed by atoms with Crippen LogP contribution in [0.15, 0.2) is 57.8 Å². The molecule has 2 aromatic carbocycles. The second-order valence-electron chi connectivity index (χ2n) is 6.00. The fourth-order valence-corrected chi connectivity index (χ4v) is 4.40. The van der Waals surface area contributed by atoms with Crippen LogP contribution in [0.2, 0.25) is 0 Å². The van der Waals surface area contributed by atoms with Crippen molar-refractivity contribution in [3.05, 3.63) is 48.5 Å². The highest BCUT2D eigenvalue weighted by atomic mass is 32.2. The van der Waals surface area contributed by atoms with E-state index in [1.54, 1.807) is 48.5 Å². The molecule has 3 rings (SSSR count). The lowest BCUT2D eigenvalue weighted by molar-refractivity contribution is -0.114. The van der Waals surface area contributed by atoms with Crippen LogP contribution in [0.25, 0.3) is 0 Å². The van der Waals surface area contributed by atoms with Gasteiger partial charge >= 0.3 is 0 Å². The lowest BCUT2D eigenvalue weighted by Crippen LogP contribution is -2.14. The number of benzene rings is 2. The molecule has 0 radical (unpaired) electrons. The smallest absolute Gasteiger partial charge is 0.288 e. The zero-order valence-corrected chi connectivity index (χ0v) is 18.5. The van der Waals surface area contributed by atoms with Gasteiger partial charge in [-0.3, -0.25) is 9.59 Å². The van der Waals surface area contributed by atoms with Crippen molar-refractivity contribution in [3.8, 4) is 0 Å². The van der Waals surface area contributed by atoms with Crippen LogP contribution in [0.1, 0.15) is 6.92 Å². The Morgan fingerprint density at radius 1 is 0.968 bits per heavy atom. The van der Waals surface area contributed by atoms with Gasteiger partial charge < -0.3 is 16.0 Å². The van der Waals surface area contributed by atoms with Crippen LogP contribution in [0.4, 0.5) is 31.0 Å². The molecular weight excluding hydrogens is 464 g/mol. The van der Waals surface area contributed by atoms with Crippen LogP contribution in [0, 0.1) is 0 Å². The van der Waals surface area contributed by atoms with E-state index in [1.807, 2.05) is 0 Å². The summed E-state index contributed by atoms with van der Waals surface area (Å²) in [6.07, 6.45) is 0. The highest BCUT2D eigenvalue weighted by Gasteiger charge is 2.10. The summed E-state index contributed by atoms with van der Waals surface area (Å²) < 4.78 is 25.3. The minimum Gasteiger partial charge on any atom is -0.330 e. The van der Waals surface area contributed by atoms with Crippen LogP contribution in [-0.4, -0.2) is 33.5 Å². The number of thioether (sulfide) groups is 2. The Morgan fingerprint density at radius 3 is 2.19 bits per heavy atom. The number of hydrogen-bond donors (Lipinski definition) is 3. The molecule has 12 heteroatoms. The molecule has 0 spiro atoms. The van der Waals surface area contributed by atoms with Crippen molar-refractivity contribution in [2.75, 3.05) is 21.7 Å². The third kappa shape index (κ3) is 7.81. The number of aromatic nitrogens is 2. The first-order valence-electron chi connectivity index (χ1n) is 8.83. The van der Waals surface area contributed by atoms with Gasteiger partial charge in [-0.05, 0) is 48.5 Å². The standard InChI is InChI=1S/C19H17F2N5O2S3/c1-11(27)22-12-2-4-13(5-3-12)23-16(28)10-29-19-26-25-18(31-19)24-14-6-8-15(9-7-14)30-17(20)21/h2-9,17H,10H2,1H3,(H,22,27)(H,23,28)(H,24,25). The normalized spacial score (nSPS) is 10.7. The summed E-state index contributed by atoms with van der Waals surface area (Å²) in [5.74, 6) is -2.67. The Morgan fingerprint density at radius 2 is 1.58 bits per heavy atom. The average Bonchev–Trinajstić information content (AvgIpc) is 3.16. The predicted octanol–water partition coefficient (Wildman–Crippen LogP) is 5.29. The Hall–Kier alpha value is -2.70. The van der Waals surface area contributed by atoms with Crippen LogP contribution in [0.3, 0.4) is 0 Å². The maximum absolute atomic E-state index is 12.4. The quantitative estimate of drug-likeness (QED) is 0.358. The number of nitrogens with zero attached hydrogens (tertiary/aromatic N) is 2. The van der Waals surface area contributed by atoms with Gasteiger partial charge in [0, 0.05) is 28.9 Å². The van der Waals surface area contributed by atoms with Crippen molar-refractivity contribution < 1.29 is 18.4 Å². The summed E-state index contributed by atoms with van der Waals surface area (Å²) in [4.78, 5) is 23.6. The summed E-state index contributed by atoms with van der Waals surface area (Å²) in [5, 5.41) is 17.1. The van der Waals surface area contributed by atoms with E-state index in [2.05, 4.69) is 26.1 Å². The lowest BCUT2D eigenvalue weighted by Gasteiger charge is -2.06. The van der Waals surface area contributed by atoms with E-state index in [0.717, 1.165) is 0 Å². The second kappa shape index (κ2) is 11.1. The molecule has 31 heavy (non-hydrogen) atoms. The van der Waals surface area contributed by atoms with Crippen LogP contribution in [0.5, 0.6) is 0 Å². The number of halogens is 2. The Balaban J connectivity index is 1.46. The number of rotatable bonds is 9. The van der Waals surface area contributed by atoms with Gasteiger partial charge in [0.05, 0.1) is 5.75 Å². The number of nitrogens with one attached hydrogen (secondary N) is 3. The van der Waals surface area contributed by atoms with Gasteiger partial charge in [-0.15, -0.1) is 10.2 Å². The number of amides is 2. The van der Waals surface area contributed by atoms with Crippen molar-refractivity contribution in [1.82, 2.24) is 10.2 Å². The fraction of sp³-hybridized carbons (Fsp3) is 0.158. The van der Waals surface area contributed by atoms with E-state index < -0.39 is 5.76 Å². The van der Waals surface area contributed by atoms with E-state index in [4.69, 9.17) is 0 Å². The lowest BCUT2D eigenvalue weighted by atomic mass is 10.3. The molecule has 1 heterocycles. The predicted molar refractivity (Wildman–Crippen MR) is 122 cm³/mol. The van der Waals surface area contributed by atoms with Gasteiger partial charge in [-0.25, -0.2) is 0 Å². The van der Waals surface area contributed by atoms with Crippen molar-refractivity contribution in [2.24, 2.45) is 0 Å². The molecule has 0 fully saturated rings. The molecule has 0 bridgehead atoms. The van der Waals surface area contributed by atoms with Crippen LogP contribution < -0.4 is 16.0 Å². The summed E-state index contributed by atoms with van der Waals surface area (Å²) in [6.45, 7) is 1.42. The number of alkyl halides is 2. The molecule has 2 amide bonds. The summed E-state index contributed by atoms with van der Waals surface area (Å²) in [6, 6.07) is 13.4. The zero-order valence-electron chi connectivity index (χ0n) is 16.1. The first kappa shape index (κ1) is 23.0. The highest BCUT2D eigenvalue weighted by molar-refractivity contribution is 8.01. The molecule has 0 unspecified atom stereocenters. The molecular formula is C19H17F2N5O2S3. The van der Waals surface area contributed by atoms with Gasteiger partial charge in [0.25, 0.3) is 5.76 Å². The van der Waals surface area contributed by atoms with E-state index in [1.165, 1.54) is 30.0 Å². The number of carbonyl (C=O) groups excluding carboxylic acids is 2. The first-order valence-corrected chi connectivity index (χ1v) is 11.5. The Kier molecular flexibility index (Phi) is 8.20. The number of carbonyl (C=O) groups is 2. The summed E-state index contributed by atoms with van der Waals surface area (Å²) >= 11 is 3.02. The van der Waals surface area contributed by atoms with Gasteiger partial charge in [0.15, 0.2) is 4.34 Å². The highest BCUT2D eigenvalue weighted by Crippen LogP contribution is 2.30. The molecule has 0 aliphatic heterocycles. The molecule has 0 aliphatic carbocycles. The fourth-order valence-electron chi connectivity index (χ4n) is 2.33. The third-order valence-electron chi connectivity index (χ3n) is 3.55. The van der Waals surface area contributed by atoms with Gasteiger partial charge in [0.2, 0.25) is 16.9 Å². The third-order valence-corrected chi connectivity index (χ3v) is 6.25. The Bertz CT molecular complexity index is 1030. The maximum atomic E-state index is 12.4. The van der Waals surface area contributed by atoms with Crippen molar-refractivity contribution in [2.45, 2.75) is 21.9 Å².